The van der Waals surface area contributed by atoms with Crippen LogP contribution < -0.4 is 9.45 Å². The van der Waals surface area contributed by atoms with E-state index in [4.69, 9.17) is 9.78 Å². The van der Waals surface area contributed by atoms with Gasteiger partial charge in [0, 0.05) is 5.57 Å². The molecule has 0 bridgehead atoms. The van der Waals surface area contributed by atoms with Gasteiger partial charge in [-0.15, -0.1) is 0 Å². The summed E-state index contributed by atoms with van der Waals surface area (Å²) in [4.78, 5) is 10.1. The summed E-state index contributed by atoms with van der Waals surface area (Å²) in [5.74, 6) is 1.60. The van der Waals surface area contributed by atoms with Gasteiger partial charge in [0.15, 0.2) is 23.9 Å². The zero-order valence-electron chi connectivity index (χ0n) is 8.00. The molecule has 0 saturated heterocycles. The van der Waals surface area contributed by atoms with Gasteiger partial charge >= 0.3 is 0 Å². The molecule has 1 aliphatic heterocycles. The highest BCUT2D eigenvalue weighted by Crippen LogP contribution is 2.31. The number of hydrogen-bond donors (Lipinski definition) is 0. The maximum absolute atomic E-state index is 5.09. The predicted octanol–water partition coefficient (Wildman–Crippen LogP) is 1.59. The molecule has 1 aromatic rings. The van der Waals surface area contributed by atoms with Gasteiger partial charge in [0.25, 0.3) is 0 Å². The Hall–Kier alpha value is -1.51. The average Bonchev–Trinajstić information content (AvgIpc) is 2.12. The van der Waals surface area contributed by atoms with Crippen LogP contribution in [-0.4, -0.2) is 0 Å². The number of allylic oxidation sites excluding steroid dienone is 2. The maximum Gasteiger partial charge on any atom is 0.198 e. The van der Waals surface area contributed by atoms with Gasteiger partial charge in [-0.3, -0.25) is 9.78 Å². The number of fused-ring (bicyclic) bond motifs is 1. The molecule has 0 fully saturated rings. The molecule has 0 atom stereocenters. The molecule has 3 nitrogen and oxygen atoms in total. The molecule has 0 aromatic carbocycles. The first-order chi connectivity index (χ1) is 6.18. The summed E-state index contributed by atoms with van der Waals surface area (Å²) in [5, 5.41) is 0. The first kappa shape index (κ1) is 8.10. The third-order valence-corrected chi connectivity index (χ3v) is 2.25. The third kappa shape index (κ3) is 1.26. The smallest absolute Gasteiger partial charge is 0.198 e. The molecule has 0 unspecified atom stereocenters. The monoisotopic (exact) mass is 178 g/mol. The Morgan fingerprint density at radius 3 is 2.77 bits per heavy atom. The van der Waals surface area contributed by atoms with Crippen LogP contribution in [0.3, 0.4) is 0 Å². The zero-order valence-corrected chi connectivity index (χ0v) is 8.00. The highest BCUT2D eigenvalue weighted by atomic mass is 17.2. The molecule has 0 saturated carbocycles. The largest absolute Gasteiger partial charge is 0.294 e. The van der Waals surface area contributed by atoms with Crippen molar-refractivity contribution in [3.8, 4) is 5.75 Å². The first-order valence-electron chi connectivity index (χ1n) is 4.20. The highest BCUT2D eigenvalue weighted by Gasteiger charge is 2.19. The van der Waals surface area contributed by atoms with Gasteiger partial charge in [-0.1, -0.05) is 0 Å². The Bertz CT molecular complexity index is 383. The first-order valence-corrected chi connectivity index (χ1v) is 4.20. The van der Waals surface area contributed by atoms with E-state index in [0.29, 0.717) is 0 Å². The lowest BCUT2D eigenvalue weighted by atomic mass is 10.1. The molecule has 1 aromatic heterocycles. The van der Waals surface area contributed by atoms with E-state index in [2.05, 4.69) is 0 Å². The fourth-order valence-corrected chi connectivity index (χ4v) is 1.30. The molecular weight excluding hydrogens is 166 g/mol. The van der Waals surface area contributed by atoms with Crippen LogP contribution in [0, 0.1) is 0 Å². The SMILES string of the molecule is CC1=C(C)c2c[n+](C)ccc2OO1. The van der Waals surface area contributed by atoms with Gasteiger partial charge in [-0.25, -0.2) is 4.57 Å². The topological polar surface area (TPSA) is 22.3 Å². The number of nitrogens with zero attached hydrogens (tertiary/aromatic N) is 1. The summed E-state index contributed by atoms with van der Waals surface area (Å²) in [7, 11) is 1.98. The van der Waals surface area contributed by atoms with Gasteiger partial charge in [0.2, 0.25) is 0 Å². The van der Waals surface area contributed by atoms with Gasteiger partial charge < -0.3 is 0 Å². The molecule has 2 heterocycles. The molecule has 0 radical (unpaired) electrons. The van der Waals surface area contributed by atoms with Crippen molar-refractivity contribution < 1.29 is 14.3 Å². The molecule has 3 heteroatoms. The van der Waals surface area contributed by atoms with E-state index in [1.54, 1.807) is 0 Å². The standard InChI is InChI=1S/C10H12NO2/c1-7-8(2)12-13-10-4-5-11(3)6-9(7)10/h4-6H,1-3H3/q+1. The van der Waals surface area contributed by atoms with E-state index in [-0.39, 0.29) is 0 Å². The molecular formula is C10H12NO2+. The summed E-state index contributed by atoms with van der Waals surface area (Å²) < 4.78 is 1.99. The fraction of sp³-hybridized carbons (Fsp3) is 0.300. The average molecular weight is 178 g/mol. The van der Waals surface area contributed by atoms with Gasteiger partial charge in [0.1, 0.15) is 7.05 Å². The zero-order chi connectivity index (χ0) is 9.42. The molecule has 1 aliphatic rings. The van der Waals surface area contributed by atoms with Crippen molar-refractivity contribution in [3.05, 3.63) is 29.8 Å². The molecule has 13 heavy (non-hydrogen) atoms. The third-order valence-electron chi connectivity index (χ3n) is 2.25. The van der Waals surface area contributed by atoms with Crippen LogP contribution in [0.2, 0.25) is 0 Å². The Balaban J connectivity index is 2.60. The van der Waals surface area contributed by atoms with Crippen molar-refractivity contribution in [2.24, 2.45) is 7.05 Å². The van der Waals surface area contributed by atoms with Crippen molar-refractivity contribution >= 4 is 5.57 Å². The number of aryl methyl sites for hydroxylation is 1. The summed E-state index contributed by atoms with van der Waals surface area (Å²) in [6.45, 7) is 3.92. The second-order valence-corrected chi connectivity index (χ2v) is 3.24. The van der Waals surface area contributed by atoms with E-state index in [9.17, 15) is 0 Å². The second kappa shape index (κ2) is 2.76. The number of rotatable bonds is 0. The van der Waals surface area contributed by atoms with Crippen LogP contribution in [0.15, 0.2) is 24.2 Å². The van der Waals surface area contributed by atoms with Crippen molar-refractivity contribution in [2.75, 3.05) is 0 Å². The molecule has 68 valence electrons. The molecule has 2 rings (SSSR count). The summed E-state index contributed by atoms with van der Waals surface area (Å²) >= 11 is 0. The van der Waals surface area contributed by atoms with Gasteiger partial charge in [-0.05, 0) is 13.8 Å². The summed E-state index contributed by atoms with van der Waals surface area (Å²) in [5.41, 5.74) is 2.21. The molecule has 0 spiro atoms. The normalized spacial score (nSPS) is 14.7. The Kier molecular flexibility index (Phi) is 1.72. The number of pyridine rings is 1. The van der Waals surface area contributed by atoms with Gasteiger partial charge in [0.05, 0.1) is 11.6 Å². The van der Waals surface area contributed by atoms with Crippen LogP contribution in [0.25, 0.3) is 5.57 Å². The van der Waals surface area contributed by atoms with Crippen molar-refractivity contribution in [2.45, 2.75) is 13.8 Å². The Morgan fingerprint density at radius 1 is 1.23 bits per heavy atom. The molecule has 0 N–H and O–H groups in total. The summed E-state index contributed by atoms with van der Waals surface area (Å²) in [6.07, 6.45) is 3.95. The van der Waals surface area contributed by atoms with Crippen LogP contribution in [0.5, 0.6) is 5.75 Å². The van der Waals surface area contributed by atoms with Crippen LogP contribution in [0.1, 0.15) is 19.4 Å². The molecule has 0 aliphatic carbocycles. The molecule has 0 amide bonds. The lowest BCUT2D eigenvalue weighted by Crippen LogP contribution is -2.27. The minimum absolute atomic E-state index is 0.779. The second-order valence-electron chi connectivity index (χ2n) is 3.24. The van der Waals surface area contributed by atoms with Crippen molar-refractivity contribution in [1.29, 1.82) is 0 Å². The lowest BCUT2D eigenvalue weighted by molar-refractivity contribution is -0.671. The fourth-order valence-electron chi connectivity index (χ4n) is 1.30. The van der Waals surface area contributed by atoms with Crippen LogP contribution >= 0.6 is 0 Å². The lowest BCUT2D eigenvalue weighted by Gasteiger charge is -2.16. The minimum Gasteiger partial charge on any atom is -0.294 e. The minimum atomic E-state index is 0.779. The van der Waals surface area contributed by atoms with Crippen molar-refractivity contribution in [1.82, 2.24) is 0 Å². The highest BCUT2D eigenvalue weighted by molar-refractivity contribution is 5.69. The van der Waals surface area contributed by atoms with E-state index < -0.39 is 0 Å². The van der Waals surface area contributed by atoms with Crippen molar-refractivity contribution in [3.63, 3.8) is 0 Å². The predicted molar refractivity (Wildman–Crippen MR) is 47.6 cm³/mol. The number of aromatic nitrogens is 1. The maximum atomic E-state index is 5.09. The number of hydrogen-bond acceptors (Lipinski definition) is 2. The van der Waals surface area contributed by atoms with Crippen LogP contribution in [-0.2, 0) is 11.9 Å². The van der Waals surface area contributed by atoms with Gasteiger partial charge in [-0.2, -0.15) is 0 Å². The van der Waals surface area contributed by atoms with E-state index >= 15 is 0 Å². The summed E-state index contributed by atoms with van der Waals surface area (Å²) in [6, 6.07) is 1.89. The van der Waals surface area contributed by atoms with E-state index in [0.717, 1.165) is 22.6 Å². The Morgan fingerprint density at radius 2 is 2.00 bits per heavy atom. The Labute approximate surface area is 77.1 Å². The van der Waals surface area contributed by atoms with E-state index in [1.165, 1.54) is 0 Å². The van der Waals surface area contributed by atoms with E-state index in [1.807, 2.05) is 43.9 Å². The van der Waals surface area contributed by atoms with Crippen LogP contribution in [0.4, 0.5) is 0 Å². The quantitative estimate of drug-likeness (QED) is 0.444.